The number of pyridine rings is 1. The second-order valence-electron chi connectivity index (χ2n) is 5.61. The van der Waals surface area contributed by atoms with E-state index in [1.165, 1.54) is 25.9 Å². The van der Waals surface area contributed by atoms with Crippen molar-refractivity contribution < 1.29 is 4.79 Å². The number of rotatable bonds is 2. The van der Waals surface area contributed by atoms with Gasteiger partial charge in [0.1, 0.15) is 10.8 Å². The van der Waals surface area contributed by atoms with Gasteiger partial charge in [-0.05, 0) is 50.9 Å². The molecule has 2 saturated heterocycles. The SMILES string of the molecule is O=C(c1cccc(Cl)n1)N1CCC(N2CCCC2)CC1. The molecule has 3 heterocycles. The number of hydrogen-bond donors (Lipinski definition) is 0. The second-order valence-corrected chi connectivity index (χ2v) is 6.00. The monoisotopic (exact) mass is 293 g/mol. The predicted molar refractivity (Wildman–Crippen MR) is 79.0 cm³/mol. The molecule has 0 bridgehead atoms. The van der Waals surface area contributed by atoms with Gasteiger partial charge in [-0.3, -0.25) is 4.79 Å². The Morgan fingerprint density at radius 2 is 1.85 bits per heavy atom. The predicted octanol–water partition coefficient (Wildman–Crippen LogP) is 2.44. The van der Waals surface area contributed by atoms with Crippen molar-refractivity contribution in [3.63, 3.8) is 0 Å². The molecule has 2 aliphatic heterocycles. The van der Waals surface area contributed by atoms with Crippen LogP contribution >= 0.6 is 11.6 Å². The van der Waals surface area contributed by atoms with Gasteiger partial charge in [-0.15, -0.1) is 0 Å². The van der Waals surface area contributed by atoms with Gasteiger partial charge in [0.15, 0.2) is 0 Å². The first-order valence-corrected chi connectivity index (χ1v) is 7.78. The summed E-state index contributed by atoms with van der Waals surface area (Å²) in [6, 6.07) is 5.87. The van der Waals surface area contributed by atoms with Gasteiger partial charge in [-0.25, -0.2) is 4.98 Å². The van der Waals surface area contributed by atoms with E-state index in [2.05, 4.69) is 9.88 Å². The van der Waals surface area contributed by atoms with Crippen molar-refractivity contribution in [3.05, 3.63) is 29.0 Å². The van der Waals surface area contributed by atoms with Crippen LogP contribution in [0.15, 0.2) is 18.2 Å². The minimum absolute atomic E-state index is 0.00683. The third-order valence-corrected chi connectivity index (χ3v) is 4.55. The van der Waals surface area contributed by atoms with Crippen molar-refractivity contribution in [2.75, 3.05) is 26.2 Å². The zero-order valence-corrected chi connectivity index (χ0v) is 12.4. The van der Waals surface area contributed by atoms with E-state index in [9.17, 15) is 4.79 Å². The molecule has 108 valence electrons. The number of halogens is 1. The lowest BCUT2D eigenvalue weighted by Gasteiger charge is -2.36. The fourth-order valence-electron chi connectivity index (χ4n) is 3.23. The molecular weight excluding hydrogens is 274 g/mol. The van der Waals surface area contributed by atoms with Gasteiger partial charge in [0, 0.05) is 19.1 Å². The van der Waals surface area contributed by atoms with Gasteiger partial charge in [0.2, 0.25) is 0 Å². The van der Waals surface area contributed by atoms with Crippen LogP contribution < -0.4 is 0 Å². The summed E-state index contributed by atoms with van der Waals surface area (Å²) >= 11 is 5.85. The van der Waals surface area contributed by atoms with Crippen LogP contribution in [0.4, 0.5) is 0 Å². The molecule has 20 heavy (non-hydrogen) atoms. The molecule has 0 radical (unpaired) electrons. The van der Waals surface area contributed by atoms with Crippen LogP contribution in [-0.4, -0.2) is 52.9 Å². The van der Waals surface area contributed by atoms with Gasteiger partial charge >= 0.3 is 0 Å². The van der Waals surface area contributed by atoms with E-state index in [0.717, 1.165) is 25.9 Å². The zero-order valence-electron chi connectivity index (χ0n) is 11.6. The van der Waals surface area contributed by atoms with E-state index in [0.29, 0.717) is 16.9 Å². The van der Waals surface area contributed by atoms with Gasteiger partial charge in [-0.1, -0.05) is 17.7 Å². The van der Waals surface area contributed by atoms with Gasteiger partial charge < -0.3 is 9.80 Å². The summed E-state index contributed by atoms with van der Waals surface area (Å²) in [5.74, 6) is 0.00683. The number of piperidine rings is 1. The number of aromatic nitrogens is 1. The smallest absolute Gasteiger partial charge is 0.272 e. The minimum atomic E-state index is 0.00683. The van der Waals surface area contributed by atoms with Crippen LogP contribution in [0.1, 0.15) is 36.2 Å². The molecule has 3 rings (SSSR count). The van der Waals surface area contributed by atoms with E-state index in [4.69, 9.17) is 11.6 Å². The molecule has 0 saturated carbocycles. The van der Waals surface area contributed by atoms with Crippen LogP contribution in [0.3, 0.4) is 0 Å². The molecule has 2 fully saturated rings. The maximum absolute atomic E-state index is 12.4. The molecule has 4 nitrogen and oxygen atoms in total. The molecule has 0 unspecified atom stereocenters. The average Bonchev–Trinajstić information content (AvgIpc) is 3.01. The first-order chi connectivity index (χ1) is 9.74. The fraction of sp³-hybridized carbons (Fsp3) is 0.600. The van der Waals surface area contributed by atoms with Crippen molar-refractivity contribution in [2.24, 2.45) is 0 Å². The van der Waals surface area contributed by atoms with Crippen molar-refractivity contribution in [1.29, 1.82) is 0 Å². The summed E-state index contributed by atoms with van der Waals surface area (Å²) in [6.07, 6.45) is 4.80. The molecule has 0 aromatic carbocycles. The second kappa shape index (κ2) is 6.10. The maximum atomic E-state index is 12.4. The molecule has 2 aliphatic rings. The highest BCUT2D eigenvalue weighted by Gasteiger charge is 2.28. The lowest BCUT2D eigenvalue weighted by atomic mass is 10.0. The maximum Gasteiger partial charge on any atom is 0.272 e. The third-order valence-electron chi connectivity index (χ3n) is 4.34. The van der Waals surface area contributed by atoms with Crippen LogP contribution in [0.2, 0.25) is 5.15 Å². The summed E-state index contributed by atoms with van der Waals surface area (Å²) in [7, 11) is 0. The molecule has 0 atom stereocenters. The Morgan fingerprint density at radius 3 is 2.50 bits per heavy atom. The molecule has 1 aromatic rings. The first kappa shape index (κ1) is 13.8. The Balaban J connectivity index is 1.58. The molecule has 1 amide bonds. The first-order valence-electron chi connectivity index (χ1n) is 7.40. The Morgan fingerprint density at radius 1 is 1.15 bits per heavy atom. The number of amides is 1. The van der Waals surface area contributed by atoms with Crippen LogP contribution in [0, 0.1) is 0 Å². The normalized spacial score (nSPS) is 21.4. The summed E-state index contributed by atoms with van der Waals surface area (Å²) in [5, 5.41) is 0.378. The van der Waals surface area contributed by atoms with Crippen molar-refractivity contribution in [3.8, 4) is 0 Å². The number of carbonyl (C=O) groups is 1. The summed E-state index contributed by atoms with van der Waals surface area (Å²) in [6.45, 7) is 4.12. The highest BCUT2D eigenvalue weighted by Crippen LogP contribution is 2.22. The number of hydrogen-bond acceptors (Lipinski definition) is 3. The Labute approximate surface area is 124 Å². The Kier molecular flexibility index (Phi) is 4.22. The fourth-order valence-corrected chi connectivity index (χ4v) is 3.39. The quantitative estimate of drug-likeness (QED) is 0.786. The molecule has 5 heteroatoms. The lowest BCUT2D eigenvalue weighted by Crippen LogP contribution is -2.46. The summed E-state index contributed by atoms with van der Waals surface area (Å²) in [4.78, 5) is 21.0. The number of likely N-dealkylation sites (tertiary alicyclic amines) is 2. The number of carbonyl (C=O) groups excluding carboxylic acids is 1. The van der Waals surface area contributed by atoms with Crippen molar-refractivity contribution in [2.45, 2.75) is 31.7 Å². The van der Waals surface area contributed by atoms with Crippen molar-refractivity contribution in [1.82, 2.24) is 14.8 Å². The Hall–Kier alpha value is -1.13. The highest BCUT2D eigenvalue weighted by molar-refractivity contribution is 6.29. The molecule has 0 spiro atoms. The third kappa shape index (κ3) is 2.96. The van der Waals surface area contributed by atoms with Gasteiger partial charge in [0.05, 0.1) is 0 Å². The summed E-state index contributed by atoms with van der Waals surface area (Å²) in [5.41, 5.74) is 0.456. The van der Waals surface area contributed by atoms with E-state index < -0.39 is 0 Å². The van der Waals surface area contributed by atoms with Crippen LogP contribution in [0.25, 0.3) is 0 Å². The van der Waals surface area contributed by atoms with E-state index in [-0.39, 0.29) is 5.91 Å². The largest absolute Gasteiger partial charge is 0.337 e. The highest BCUT2D eigenvalue weighted by atomic mass is 35.5. The summed E-state index contributed by atoms with van der Waals surface area (Å²) < 4.78 is 0. The molecule has 0 N–H and O–H groups in total. The standard InChI is InChI=1S/C15H20ClN3O/c16-14-5-3-4-13(17-14)15(20)19-10-6-12(7-11-19)18-8-1-2-9-18/h3-5,12H,1-2,6-11H2. The lowest BCUT2D eigenvalue weighted by molar-refractivity contribution is 0.0639. The van der Waals surface area contributed by atoms with Crippen molar-refractivity contribution >= 4 is 17.5 Å². The molecular formula is C15H20ClN3O. The van der Waals surface area contributed by atoms with E-state index in [1.54, 1.807) is 18.2 Å². The molecule has 0 aliphatic carbocycles. The van der Waals surface area contributed by atoms with Crippen LogP contribution in [0.5, 0.6) is 0 Å². The van der Waals surface area contributed by atoms with E-state index in [1.807, 2.05) is 4.90 Å². The van der Waals surface area contributed by atoms with Gasteiger partial charge in [-0.2, -0.15) is 0 Å². The van der Waals surface area contributed by atoms with E-state index >= 15 is 0 Å². The average molecular weight is 294 g/mol. The molecule has 1 aromatic heterocycles. The van der Waals surface area contributed by atoms with Gasteiger partial charge in [0.25, 0.3) is 5.91 Å². The zero-order chi connectivity index (χ0) is 13.9. The Bertz CT molecular complexity index is 480. The minimum Gasteiger partial charge on any atom is -0.337 e. The number of nitrogens with zero attached hydrogens (tertiary/aromatic N) is 3. The topological polar surface area (TPSA) is 36.4 Å². The van der Waals surface area contributed by atoms with Crippen LogP contribution in [-0.2, 0) is 0 Å².